The molecule has 1 atom stereocenters. The molecule has 2 heterocycles. The van der Waals surface area contributed by atoms with Crippen LogP contribution in [-0.2, 0) is 6.42 Å². The summed E-state index contributed by atoms with van der Waals surface area (Å²) in [5, 5.41) is 0. The smallest absolute Gasteiger partial charge is 0.142 e. The highest BCUT2D eigenvalue weighted by atomic mass is 16.5. The standard InChI is InChI=1S/C15H17N3O2/c1-19-13-3-2-7-17-15(13)14(18-16)11-4-5-12-10(9-11)6-8-20-12/h2-5,7,9,14,18H,6,8,16H2,1H3. The van der Waals surface area contributed by atoms with Crippen molar-refractivity contribution in [3.05, 3.63) is 53.3 Å². The largest absolute Gasteiger partial charge is 0.495 e. The van der Waals surface area contributed by atoms with Crippen LogP contribution >= 0.6 is 0 Å². The van der Waals surface area contributed by atoms with Crippen LogP contribution in [0.1, 0.15) is 22.9 Å². The first-order chi connectivity index (χ1) is 9.83. The zero-order valence-corrected chi connectivity index (χ0v) is 11.3. The van der Waals surface area contributed by atoms with E-state index in [1.807, 2.05) is 24.3 Å². The van der Waals surface area contributed by atoms with Crippen molar-refractivity contribution in [3.63, 3.8) is 0 Å². The predicted octanol–water partition coefficient (Wildman–Crippen LogP) is 1.58. The molecule has 0 spiro atoms. The molecule has 1 aromatic heterocycles. The zero-order valence-electron chi connectivity index (χ0n) is 11.3. The number of benzene rings is 1. The van der Waals surface area contributed by atoms with Gasteiger partial charge in [0.2, 0.25) is 0 Å². The summed E-state index contributed by atoms with van der Waals surface area (Å²) in [6.07, 6.45) is 2.67. The molecular weight excluding hydrogens is 254 g/mol. The Labute approximate surface area is 117 Å². The number of hydrazine groups is 1. The lowest BCUT2D eigenvalue weighted by atomic mass is 9.99. The van der Waals surface area contributed by atoms with Gasteiger partial charge in [0.05, 0.1) is 19.8 Å². The number of nitrogens with zero attached hydrogens (tertiary/aromatic N) is 1. The molecule has 0 fully saturated rings. The molecule has 1 aliphatic heterocycles. The number of pyridine rings is 1. The predicted molar refractivity (Wildman–Crippen MR) is 75.6 cm³/mol. The van der Waals surface area contributed by atoms with Crippen molar-refractivity contribution in [1.82, 2.24) is 10.4 Å². The Morgan fingerprint density at radius 1 is 1.40 bits per heavy atom. The number of ether oxygens (including phenoxy) is 2. The van der Waals surface area contributed by atoms with Crippen LogP contribution in [0.5, 0.6) is 11.5 Å². The Morgan fingerprint density at radius 3 is 3.10 bits per heavy atom. The summed E-state index contributed by atoms with van der Waals surface area (Å²) in [5.74, 6) is 7.40. The lowest BCUT2D eigenvalue weighted by Gasteiger charge is -2.18. The summed E-state index contributed by atoms with van der Waals surface area (Å²) in [6.45, 7) is 0.742. The maximum Gasteiger partial charge on any atom is 0.142 e. The van der Waals surface area contributed by atoms with Crippen molar-refractivity contribution in [2.24, 2.45) is 5.84 Å². The Bertz CT molecular complexity index is 616. The number of rotatable bonds is 4. The van der Waals surface area contributed by atoms with Crippen LogP contribution in [-0.4, -0.2) is 18.7 Å². The summed E-state index contributed by atoms with van der Waals surface area (Å²) in [5.41, 5.74) is 5.85. The first-order valence-corrected chi connectivity index (χ1v) is 6.54. The fraction of sp³-hybridized carbons (Fsp3) is 0.267. The highest BCUT2D eigenvalue weighted by molar-refractivity contribution is 5.44. The molecule has 0 radical (unpaired) electrons. The van der Waals surface area contributed by atoms with Gasteiger partial charge in [0.15, 0.2) is 0 Å². The van der Waals surface area contributed by atoms with Gasteiger partial charge in [-0.05, 0) is 35.4 Å². The van der Waals surface area contributed by atoms with Gasteiger partial charge in [-0.25, -0.2) is 5.43 Å². The summed E-state index contributed by atoms with van der Waals surface area (Å²) >= 11 is 0. The third-order valence-corrected chi connectivity index (χ3v) is 3.51. The van der Waals surface area contributed by atoms with Gasteiger partial charge < -0.3 is 9.47 Å². The zero-order chi connectivity index (χ0) is 13.9. The Kier molecular flexibility index (Phi) is 3.54. The van der Waals surface area contributed by atoms with Crippen molar-refractivity contribution in [2.45, 2.75) is 12.5 Å². The van der Waals surface area contributed by atoms with E-state index in [-0.39, 0.29) is 6.04 Å². The number of aromatic nitrogens is 1. The number of methoxy groups -OCH3 is 1. The number of nitrogens with two attached hydrogens (primary N) is 1. The second kappa shape index (κ2) is 5.48. The monoisotopic (exact) mass is 271 g/mol. The van der Waals surface area contributed by atoms with Gasteiger partial charge in [0.25, 0.3) is 0 Å². The van der Waals surface area contributed by atoms with Crippen LogP contribution in [0.15, 0.2) is 36.5 Å². The molecule has 3 N–H and O–H groups in total. The van der Waals surface area contributed by atoms with Crippen molar-refractivity contribution >= 4 is 0 Å². The van der Waals surface area contributed by atoms with Gasteiger partial charge in [-0.1, -0.05) is 6.07 Å². The SMILES string of the molecule is COc1cccnc1C(NN)c1ccc2c(c1)CCO2. The highest BCUT2D eigenvalue weighted by Crippen LogP contribution is 2.32. The van der Waals surface area contributed by atoms with E-state index in [2.05, 4.69) is 16.5 Å². The molecule has 2 aromatic rings. The highest BCUT2D eigenvalue weighted by Gasteiger charge is 2.21. The van der Waals surface area contributed by atoms with Gasteiger partial charge in [-0.15, -0.1) is 0 Å². The van der Waals surface area contributed by atoms with Gasteiger partial charge in [0.1, 0.15) is 17.2 Å². The third kappa shape index (κ3) is 2.21. The third-order valence-electron chi connectivity index (χ3n) is 3.51. The fourth-order valence-corrected chi connectivity index (χ4v) is 2.51. The maximum atomic E-state index is 5.73. The van der Waals surface area contributed by atoms with Crippen molar-refractivity contribution in [1.29, 1.82) is 0 Å². The van der Waals surface area contributed by atoms with E-state index in [1.165, 1.54) is 5.56 Å². The molecule has 0 saturated heterocycles. The molecule has 1 unspecified atom stereocenters. The van der Waals surface area contributed by atoms with Crippen LogP contribution in [0, 0.1) is 0 Å². The van der Waals surface area contributed by atoms with Crippen LogP contribution < -0.4 is 20.7 Å². The molecule has 0 bridgehead atoms. The lowest BCUT2D eigenvalue weighted by molar-refractivity contribution is 0.356. The number of nitrogens with one attached hydrogen (secondary N) is 1. The van der Waals surface area contributed by atoms with E-state index in [4.69, 9.17) is 15.3 Å². The van der Waals surface area contributed by atoms with Gasteiger partial charge in [-0.3, -0.25) is 10.8 Å². The molecule has 1 aromatic carbocycles. The maximum absolute atomic E-state index is 5.73. The minimum atomic E-state index is -0.211. The van der Waals surface area contributed by atoms with Gasteiger partial charge in [-0.2, -0.15) is 0 Å². The van der Waals surface area contributed by atoms with E-state index < -0.39 is 0 Å². The molecule has 0 amide bonds. The topological polar surface area (TPSA) is 69.4 Å². The van der Waals surface area contributed by atoms with Crippen molar-refractivity contribution in [3.8, 4) is 11.5 Å². The Morgan fingerprint density at radius 2 is 2.30 bits per heavy atom. The quantitative estimate of drug-likeness (QED) is 0.652. The van der Waals surface area contributed by atoms with E-state index in [9.17, 15) is 0 Å². The number of hydrogen-bond acceptors (Lipinski definition) is 5. The molecule has 20 heavy (non-hydrogen) atoms. The number of fused-ring (bicyclic) bond motifs is 1. The molecular formula is C15H17N3O2. The first-order valence-electron chi connectivity index (χ1n) is 6.54. The summed E-state index contributed by atoms with van der Waals surface area (Å²) in [7, 11) is 1.63. The Hall–Kier alpha value is -2.11. The van der Waals surface area contributed by atoms with Gasteiger partial charge >= 0.3 is 0 Å². The van der Waals surface area contributed by atoms with E-state index in [0.29, 0.717) is 5.75 Å². The first kappa shape index (κ1) is 12.9. The van der Waals surface area contributed by atoms with Crippen LogP contribution in [0.4, 0.5) is 0 Å². The summed E-state index contributed by atoms with van der Waals surface area (Å²) in [6, 6.07) is 9.61. The molecule has 1 aliphatic rings. The van der Waals surface area contributed by atoms with Crippen LogP contribution in [0.25, 0.3) is 0 Å². The minimum Gasteiger partial charge on any atom is -0.495 e. The van der Waals surface area contributed by atoms with E-state index in [1.54, 1.807) is 13.3 Å². The average Bonchev–Trinajstić information content (AvgIpc) is 2.96. The Balaban J connectivity index is 2.01. The molecule has 104 valence electrons. The second-order valence-electron chi connectivity index (χ2n) is 4.66. The van der Waals surface area contributed by atoms with Crippen molar-refractivity contribution < 1.29 is 9.47 Å². The van der Waals surface area contributed by atoms with E-state index in [0.717, 1.165) is 30.0 Å². The minimum absolute atomic E-state index is 0.211. The fourth-order valence-electron chi connectivity index (χ4n) is 2.51. The second-order valence-corrected chi connectivity index (χ2v) is 4.66. The van der Waals surface area contributed by atoms with Crippen LogP contribution in [0.3, 0.4) is 0 Å². The lowest BCUT2D eigenvalue weighted by Crippen LogP contribution is -2.29. The number of hydrogen-bond donors (Lipinski definition) is 2. The van der Waals surface area contributed by atoms with E-state index >= 15 is 0 Å². The molecule has 0 saturated carbocycles. The van der Waals surface area contributed by atoms with Gasteiger partial charge in [0, 0.05) is 12.6 Å². The molecule has 5 nitrogen and oxygen atoms in total. The summed E-state index contributed by atoms with van der Waals surface area (Å²) in [4.78, 5) is 4.39. The van der Waals surface area contributed by atoms with Crippen LogP contribution in [0.2, 0.25) is 0 Å². The molecule has 5 heteroatoms. The molecule has 3 rings (SSSR count). The molecule has 0 aliphatic carbocycles. The normalized spacial score (nSPS) is 14.5. The average molecular weight is 271 g/mol. The summed E-state index contributed by atoms with van der Waals surface area (Å²) < 4.78 is 10.9. The van der Waals surface area contributed by atoms with Crippen molar-refractivity contribution in [2.75, 3.05) is 13.7 Å².